The zero-order valence-electron chi connectivity index (χ0n) is 12.8. The molecule has 1 aromatic carbocycles. The van der Waals surface area contributed by atoms with Gasteiger partial charge in [-0.15, -0.1) is 0 Å². The summed E-state index contributed by atoms with van der Waals surface area (Å²) in [7, 11) is 0. The fraction of sp³-hybridized carbons (Fsp3) is 0.556. The predicted molar refractivity (Wildman–Crippen MR) is 83.3 cm³/mol. The molecule has 0 radical (unpaired) electrons. The first-order valence-corrected chi connectivity index (χ1v) is 7.75. The zero-order chi connectivity index (χ0) is 14.7. The summed E-state index contributed by atoms with van der Waals surface area (Å²) < 4.78 is 0. The normalized spacial score (nSPS) is 22.1. The molecular formula is C18H26O2. The van der Waals surface area contributed by atoms with Crippen LogP contribution in [0.5, 0.6) is 11.5 Å². The van der Waals surface area contributed by atoms with E-state index >= 15 is 0 Å². The summed E-state index contributed by atoms with van der Waals surface area (Å²) in [5.41, 5.74) is 3.07. The summed E-state index contributed by atoms with van der Waals surface area (Å²) in [4.78, 5) is 0. The van der Waals surface area contributed by atoms with Crippen LogP contribution in [-0.4, -0.2) is 10.2 Å². The number of benzene rings is 1. The third kappa shape index (κ3) is 3.17. The lowest BCUT2D eigenvalue weighted by molar-refractivity contribution is 0.419. The summed E-state index contributed by atoms with van der Waals surface area (Å²) in [6.45, 7) is 6.46. The molecule has 1 aliphatic rings. The topological polar surface area (TPSA) is 40.5 Å². The number of phenolic OH excluding ortho intramolecular Hbond substituents is 2. The molecule has 0 heterocycles. The summed E-state index contributed by atoms with van der Waals surface area (Å²) in [6, 6.07) is 3.66. The minimum atomic E-state index is 0.139. The quantitative estimate of drug-likeness (QED) is 0.592. The van der Waals surface area contributed by atoms with E-state index < -0.39 is 0 Å². The van der Waals surface area contributed by atoms with Crippen molar-refractivity contribution in [2.75, 3.05) is 0 Å². The van der Waals surface area contributed by atoms with E-state index in [9.17, 15) is 10.2 Å². The summed E-state index contributed by atoms with van der Waals surface area (Å²) in [6.07, 6.45) is 7.61. The molecule has 0 saturated heterocycles. The molecule has 0 saturated carbocycles. The second-order valence-corrected chi connectivity index (χ2v) is 6.23. The second kappa shape index (κ2) is 6.34. The van der Waals surface area contributed by atoms with Crippen LogP contribution in [0.25, 0.3) is 0 Å². The highest BCUT2D eigenvalue weighted by atomic mass is 16.3. The Bertz CT molecular complexity index is 479. The van der Waals surface area contributed by atoms with Gasteiger partial charge in [-0.1, -0.05) is 38.3 Å². The maximum absolute atomic E-state index is 10.3. The third-order valence-corrected chi connectivity index (χ3v) is 4.32. The monoisotopic (exact) mass is 274 g/mol. The van der Waals surface area contributed by atoms with E-state index in [1.807, 2.05) is 12.1 Å². The van der Waals surface area contributed by atoms with Gasteiger partial charge in [0.25, 0.3) is 0 Å². The van der Waals surface area contributed by atoms with Crippen LogP contribution in [0.15, 0.2) is 23.8 Å². The Balaban J connectivity index is 2.23. The van der Waals surface area contributed by atoms with E-state index in [2.05, 4.69) is 26.8 Å². The minimum absolute atomic E-state index is 0.139. The van der Waals surface area contributed by atoms with Crippen molar-refractivity contribution >= 4 is 0 Å². The molecule has 1 aliphatic carbocycles. The van der Waals surface area contributed by atoms with Crippen molar-refractivity contribution in [2.24, 2.45) is 5.92 Å². The molecule has 2 nitrogen and oxygen atoms in total. The van der Waals surface area contributed by atoms with Gasteiger partial charge in [0.05, 0.1) is 0 Å². The lowest BCUT2D eigenvalue weighted by Crippen LogP contribution is -2.03. The van der Waals surface area contributed by atoms with Crippen molar-refractivity contribution in [3.8, 4) is 11.5 Å². The van der Waals surface area contributed by atoms with Crippen LogP contribution in [0, 0.1) is 5.92 Å². The lowest BCUT2D eigenvalue weighted by atomic mass is 9.88. The Morgan fingerprint density at radius 3 is 2.30 bits per heavy atom. The first-order chi connectivity index (χ1) is 9.52. The lowest BCUT2D eigenvalue weighted by Gasteiger charge is -2.19. The molecule has 0 aliphatic heterocycles. The number of unbranched alkanes of at least 4 members (excludes halogenated alkanes) is 2. The van der Waals surface area contributed by atoms with Gasteiger partial charge in [0.15, 0.2) is 0 Å². The zero-order valence-corrected chi connectivity index (χ0v) is 12.8. The molecule has 2 rings (SSSR count). The summed E-state index contributed by atoms with van der Waals surface area (Å²) >= 11 is 0. The fourth-order valence-corrected chi connectivity index (χ4v) is 3.29. The van der Waals surface area contributed by atoms with E-state index in [4.69, 9.17) is 0 Å². The number of allylic oxidation sites excluding steroid dienone is 2. The number of phenols is 2. The molecule has 110 valence electrons. The summed E-state index contributed by atoms with van der Waals surface area (Å²) in [5.74, 6) is 1.08. The molecule has 0 bridgehead atoms. The first kappa shape index (κ1) is 15.0. The van der Waals surface area contributed by atoms with Crippen molar-refractivity contribution < 1.29 is 10.2 Å². The maximum Gasteiger partial charge on any atom is 0.123 e. The average Bonchev–Trinajstić information content (AvgIpc) is 2.68. The molecule has 2 N–H and O–H groups in total. The van der Waals surface area contributed by atoms with Crippen LogP contribution in [0.4, 0.5) is 0 Å². The van der Waals surface area contributed by atoms with Crippen LogP contribution in [0.2, 0.25) is 0 Å². The molecule has 20 heavy (non-hydrogen) atoms. The van der Waals surface area contributed by atoms with E-state index in [-0.39, 0.29) is 17.4 Å². The highest BCUT2D eigenvalue weighted by Gasteiger charge is 2.28. The Labute approximate surface area is 122 Å². The molecule has 0 spiro atoms. The highest BCUT2D eigenvalue weighted by Crippen LogP contribution is 2.45. The largest absolute Gasteiger partial charge is 0.507 e. The number of aromatic hydroxyl groups is 2. The van der Waals surface area contributed by atoms with Gasteiger partial charge in [-0.3, -0.25) is 0 Å². The Morgan fingerprint density at radius 2 is 1.80 bits per heavy atom. The molecule has 1 unspecified atom stereocenters. The molecule has 0 amide bonds. The SMILES string of the molecule is CCCCCc1cc(O)c(C2C=C(C)C[C@H]2C)c(O)c1. The number of hydrogen-bond acceptors (Lipinski definition) is 2. The maximum atomic E-state index is 10.3. The van der Waals surface area contributed by atoms with E-state index in [1.165, 1.54) is 18.4 Å². The predicted octanol–water partition coefficient (Wildman–Crippen LogP) is 4.90. The number of rotatable bonds is 5. The molecule has 2 atom stereocenters. The average molecular weight is 274 g/mol. The second-order valence-electron chi connectivity index (χ2n) is 6.23. The highest BCUT2D eigenvalue weighted by molar-refractivity contribution is 5.51. The standard InChI is InChI=1S/C18H26O2/c1-4-5-6-7-14-10-16(19)18(17(20)11-14)15-9-12(2)8-13(15)3/h9-11,13,15,19-20H,4-8H2,1-3H3/t13-,15?/m1/s1. The van der Waals surface area contributed by atoms with E-state index in [0.717, 1.165) is 24.8 Å². The van der Waals surface area contributed by atoms with Crippen LogP contribution in [0.3, 0.4) is 0 Å². The molecule has 1 aromatic rings. The van der Waals surface area contributed by atoms with Crippen LogP contribution in [0.1, 0.15) is 63.5 Å². The van der Waals surface area contributed by atoms with Crippen molar-refractivity contribution in [1.82, 2.24) is 0 Å². The van der Waals surface area contributed by atoms with E-state index in [1.54, 1.807) is 0 Å². The van der Waals surface area contributed by atoms with Crippen molar-refractivity contribution in [1.29, 1.82) is 0 Å². The van der Waals surface area contributed by atoms with Crippen molar-refractivity contribution in [3.63, 3.8) is 0 Å². The van der Waals surface area contributed by atoms with Gasteiger partial charge in [-0.25, -0.2) is 0 Å². The van der Waals surface area contributed by atoms with Crippen molar-refractivity contribution in [2.45, 2.75) is 58.8 Å². The smallest absolute Gasteiger partial charge is 0.123 e. The van der Waals surface area contributed by atoms with Gasteiger partial charge < -0.3 is 10.2 Å². The first-order valence-electron chi connectivity index (χ1n) is 7.75. The van der Waals surface area contributed by atoms with E-state index in [0.29, 0.717) is 11.5 Å². The van der Waals surface area contributed by atoms with Gasteiger partial charge in [-0.2, -0.15) is 0 Å². The molecule has 2 heteroatoms. The third-order valence-electron chi connectivity index (χ3n) is 4.32. The van der Waals surface area contributed by atoms with Crippen LogP contribution >= 0.6 is 0 Å². The molecule has 0 aromatic heterocycles. The van der Waals surface area contributed by atoms with Gasteiger partial charge in [0, 0.05) is 11.5 Å². The van der Waals surface area contributed by atoms with Gasteiger partial charge in [0.1, 0.15) is 11.5 Å². The van der Waals surface area contributed by atoms with Gasteiger partial charge in [-0.05, 0) is 49.8 Å². The fourth-order valence-electron chi connectivity index (χ4n) is 3.29. The number of aryl methyl sites for hydroxylation is 1. The Hall–Kier alpha value is -1.44. The minimum Gasteiger partial charge on any atom is -0.507 e. The molecular weight excluding hydrogens is 248 g/mol. The Morgan fingerprint density at radius 1 is 1.15 bits per heavy atom. The molecule has 0 fully saturated rings. The van der Waals surface area contributed by atoms with Crippen molar-refractivity contribution in [3.05, 3.63) is 34.9 Å². The van der Waals surface area contributed by atoms with Crippen LogP contribution in [-0.2, 0) is 6.42 Å². The number of hydrogen-bond donors (Lipinski definition) is 2. The van der Waals surface area contributed by atoms with Gasteiger partial charge in [0.2, 0.25) is 0 Å². The Kier molecular flexibility index (Phi) is 4.74. The summed E-state index contributed by atoms with van der Waals surface area (Å²) in [5, 5.41) is 20.6. The van der Waals surface area contributed by atoms with Gasteiger partial charge >= 0.3 is 0 Å². The van der Waals surface area contributed by atoms with Crippen LogP contribution < -0.4 is 0 Å².